The number of aryl methyl sites for hydroxylation is 2. The Bertz CT molecular complexity index is 1360. The predicted octanol–water partition coefficient (Wildman–Crippen LogP) is 1.25. The zero-order valence-corrected chi connectivity index (χ0v) is 18.4. The normalized spacial score (nSPS) is 15.4. The van der Waals surface area contributed by atoms with Crippen molar-refractivity contribution in [2.75, 3.05) is 6.54 Å². The minimum absolute atomic E-state index is 0.0349. The van der Waals surface area contributed by atoms with E-state index in [0.29, 0.717) is 16.6 Å². The van der Waals surface area contributed by atoms with Crippen molar-refractivity contribution in [2.24, 2.45) is 4.99 Å². The number of imidazole rings is 1. The van der Waals surface area contributed by atoms with Gasteiger partial charge < -0.3 is 4.57 Å². The highest BCUT2D eigenvalue weighted by Crippen LogP contribution is 2.22. The van der Waals surface area contributed by atoms with E-state index in [9.17, 15) is 18.0 Å². The van der Waals surface area contributed by atoms with Crippen LogP contribution in [0.15, 0.2) is 52.4 Å². The van der Waals surface area contributed by atoms with E-state index in [-0.39, 0.29) is 23.7 Å². The minimum Gasteiger partial charge on any atom is -0.329 e. The summed E-state index contributed by atoms with van der Waals surface area (Å²) in [6, 6.07) is 11.7. The summed E-state index contributed by atoms with van der Waals surface area (Å²) in [5.74, 6) is 0.145. The van der Waals surface area contributed by atoms with Gasteiger partial charge in [0.05, 0.1) is 22.5 Å². The van der Waals surface area contributed by atoms with Crippen LogP contribution in [0.3, 0.4) is 0 Å². The zero-order valence-electron chi connectivity index (χ0n) is 17.5. The molecular formula is C21H22N6O4S. The Morgan fingerprint density at radius 1 is 1.16 bits per heavy atom. The van der Waals surface area contributed by atoms with E-state index in [2.05, 4.69) is 25.6 Å². The minimum atomic E-state index is -3.62. The molecule has 1 aromatic heterocycles. The van der Waals surface area contributed by atoms with Crippen molar-refractivity contribution >= 4 is 38.7 Å². The van der Waals surface area contributed by atoms with Crippen LogP contribution in [0.2, 0.25) is 0 Å². The number of aliphatic imine (C=N–C) groups is 1. The smallest absolute Gasteiger partial charge is 0.269 e. The number of rotatable bonds is 5. The lowest BCUT2D eigenvalue weighted by molar-refractivity contribution is -0.121. The first kappa shape index (κ1) is 21.5. The molecule has 4 rings (SSSR count). The van der Waals surface area contributed by atoms with Gasteiger partial charge in [-0.2, -0.15) is 0 Å². The van der Waals surface area contributed by atoms with Crippen molar-refractivity contribution in [2.45, 2.75) is 31.7 Å². The van der Waals surface area contributed by atoms with Crippen molar-refractivity contribution in [1.82, 2.24) is 25.1 Å². The number of benzene rings is 2. The molecule has 1 aliphatic rings. The van der Waals surface area contributed by atoms with Gasteiger partial charge in [0.1, 0.15) is 11.7 Å². The van der Waals surface area contributed by atoms with Crippen LogP contribution in [0.5, 0.6) is 0 Å². The van der Waals surface area contributed by atoms with Crippen LogP contribution in [-0.2, 0) is 21.4 Å². The number of amides is 2. The van der Waals surface area contributed by atoms with Gasteiger partial charge in [-0.05, 0) is 44.2 Å². The van der Waals surface area contributed by atoms with Gasteiger partial charge in [0.25, 0.3) is 15.9 Å². The Hall–Kier alpha value is -3.73. The van der Waals surface area contributed by atoms with E-state index < -0.39 is 21.8 Å². The first-order valence-corrected chi connectivity index (χ1v) is 11.5. The van der Waals surface area contributed by atoms with Crippen LogP contribution >= 0.6 is 0 Å². The quantitative estimate of drug-likeness (QED) is 0.499. The highest BCUT2D eigenvalue weighted by Gasteiger charge is 2.29. The van der Waals surface area contributed by atoms with Gasteiger partial charge in [-0.1, -0.05) is 12.1 Å². The van der Waals surface area contributed by atoms with E-state index in [0.717, 1.165) is 17.9 Å². The molecule has 0 aliphatic carbocycles. The second kappa shape index (κ2) is 8.42. The fourth-order valence-corrected chi connectivity index (χ4v) is 4.82. The average Bonchev–Trinajstić information content (AvgIpc) is 3.23. The molecule has 166 valence electrons. The second-order valence-electron chi connectivity index (χ2n) is 7.19. The van der Waals surface area contributed by atoms with Crippen LogP contribution in [0.1, 0.15) is 35.1 Å². The summed E-state index contributed by atoms with van der Waals surface area (Å²) in [4.78, 5) is 33.3. The molecule has 3 N–H and O–H groups in total. The monoisotopic (exact) mass is 454 g/mol. The van der Waals surface area contributed by atoms with E-state index in [4.69, 9.17) is 0 Å². The fraction of sp³-hybridized carbons (Fsp3) is 0.238. The second-order valence-corrected chi connectivity index (χ2v) is 8.84. The average molecular weight is 455 g/mol. The lowest BCUT2D eigenvalue weighted by Gasteiger charge is -2.07. The van der Waals surface area contributed by atoms with Gasteiger partial charge >= 0.3 is 0 Å². The van der Waals surface area contributed by atoms with Gasteiger partial charge in [-0.25, -0.2) is 13.4 Å². The standard InChI is InChI=1S/C21H22N6O4S/c1-3-27-13(2)23-16-12-14(8-9-17(16)27)21(29)25-24-19(28)10-11-22-20-15-6-4-5-7-18(15)32(30,31)26-20/h4-9,12H,3,10-11H2,1-2H3,(H,22,26)(H,24,28)(H,25,29). The fourth-order valence-electron chi connectivity index (χ4n) is 3.57. The Balaban J connectivity index is 1.33. The molecule has 0 unspecified atom stereocenters. The molecule has 1 aliphatic heterocycles. The van der Waals surface area contributed by atoms with Crippen molar-refractivity contribution in [1.29, 1.82) is 0 Å². The molecule has 2 aromatic carbocycles. The number of aromatic nitrogens is 2. The summed E-state index contributed by atoms with van der Waals surface area (Å²) in [6.07, 6.45) is -0.0349. The molecule has 0 spiro atoms. The summed E-state index contributed by atoms with van der Waals surface area (Å²) in [5, 5.41) is 0. The molecule has 0 bridgehead atoms. The number of carbonyl (C=O) groups is 2. The molecule has 2 amide bonds. The summed E-state index contributed by atoms with van der Waals surface area (Å²) in [5.41, 5.74) is 7.20. The van der Waals surface area contributed by atoms with Crippen LogP contribution in [0.4, 0.5) is 0 Å². The summed E-state index contributed by atoms with van der Waals surface area (Å²) < 4.78 is 28.6. The Kier molecular flexibility index (Phi) is 5.66. The molecule has 0 atom stereocenters. The third-order valence-corrected chi connectivity index (χ3v) is 6.50. The first-order chi connectivity index (χ1) is 15.3. The number of fused-ring (bicyclic) bond motifs is 2. The Morgan fingerprint density at radius 3 is 2.72 bits per heavy atom. The van der Waals surface area contributed by atoms with Gasteiger partial charge in [-0.15, -0.1) is 0 Å². The van der Waals surface area contributed by atoms with E-state index in [1.165, 1.54) is 6.07 Å². The summed E-state index contributed by atoms with van der Waals surface area (Å²) >= 11 is 0. The largest absolute Gasteiger partial charge is 0.329 e. The molecular weight excluding hydrogens is 432 g/mol. The molecule has 10 nitrogen and oxygen atoms in total. The number of hydrazine groups is 1. The van der Waals surface area contributed by atoms with Crippen LogP contribution in [-0.4, -0.2) is 42.2 Å². The summed E-state index contributed by atoms with van der Waals surface area (Å²) in [6.45, 7) is 4.76. The maximum Gasteiger partial charge on any atom is 0.269 e. The lowest BCUT2D eigenvalue weighted by atomic mass is 10.2. The first-order valence-electron chi connectivity index (χ1n) is 10.0. The van der Waals surface area contributed by atoms with E-state index in [1.54, 1.807) is 30.3 Å². The highest BCUT2D eigenvalue weighted by atomic mass is 32.2. The van der Waals surface area contributed by atoms with Crippen LogP contribution in [0.25, 0.3) is 11.0 Å². The van der Waals surface area contributed by atoms with Crippen LogP contribution < -0.4 is 15.6 Å². The molecule has 0 saturated heterocycles. The SMILES string of the molecule is CCn1c(C)nc2cc(C(=O)NNC(=O)CCN=C3NS(=O)(=O)c4ccccc43)ccc21. The summed E-state index contributed by atoms with van der Waals surface area (Å²) in [7, 11) is -3.62. The number of amidine groups is 1. The third-order valence-electron chi connectivity index (χ3n) is 5.10. The van der Waals surface area contributed by atoms with Crippen molar-refractivity contribution < 1.29 is 18.0 Å². The molecule has 11 heteroatoms. The number of nitrogens with zero attached hydrogens (tertiary/aromatic N) is 3. The maximum atomic E-state index is 12.4. The topological polar surface area (TPSA) is 135 Å². The predicted molar refractivity (Wildman–Crippen MR) is 119 cm³/mol. The Morgan fingerprint density at radius 2 is 1.94 bits per heavy atom. The van der Waals surface area contributed by atoms with Gasteiger partial charge in [0.2, 0.25) is 5.91 Å². The molecule has 0 saturated carbocycles. The Labute approximate surface area is 184 Å². The lowest BCUT2D eigenvalue weighted by Crippen LogP contribution is -2.41. The van der Waals surface area contributed by atoms with E-state index >= 15 is 0 Å². The number of hydrogen-bond acceptors (Lipinski definition) is 6. The zero-order chi connectivity index (χ0) is 22.9. The number of hydrogen-bond donors (Lipinski definition) is 3. The van der Waals surface area contributed by atoms with Gasteiger partial charge in [0.15, 0.2) is 0 Å². The number of carbonyl (C=O) groups excluding carboxylic acids is 2. The van der Waals surface area contributed by atoms with Gasteiger partial charge in [-0.3, -0.25) is 30.2 Å². The van der Waals surface area contributed by atoms with Gasteiger partial charge in [0, 0.05) is 24.1 Å². The van der Waals surface area contributed by atoms with Crippen molar-refractivity contribution in [3.05, 3.63) is 59.4 Å². The van der Waals surface area contributed by atoms with Crippen molar-refractivity contribution in [3.63, 3.8) is 0 Å². The molecule has 2 heterocycles. The molecule has 0 fully saturated rings. The number of nitrogens with one attached hydrogen (secondary N) is 3. The molecule has 3 aromatic rings. The van der Waals surface area contributed by atoms with E-state index in [1.807, 2.05) is 24.5 Å². The highest BCUT2D eigenvalue weighted by molar-refractivity contribution is 7.90. The van der Waals surface area contributed by atoms with Crippen LogP contribution in [0, 0.1) is 6.92 Å². The molecule has 0 radical (unpaired) electrons. The van der Waals surface area contributed by atoms with Crippen molar-refractivity contribution in [3.8, 4) is 0 Å². The third kappa shape index (κ3) is 4.06. The molecule has 32 heavy (non-hydrogen) atoms. The number of sulfonamides is 1. The maximum absolute atomic E-state index is 12.4.